The number of benzene rings is 1. The van der Waals surface area contributed by atoms with Gasteiger partial charge in [-0.3, -0.25) is 4.79 Å². The first-order chi connectivity index (χ1) is 10.9. The molecule has 3 rings (SSSR count). The molecule has 1 unspecified atom stereocenters. The van der Waals surface area contributed by atoms with Crippen LogP contribution in [-0.4, -0.2) is 48.7 Å². The summed E-state index contributed by atoms with van der Waals surface area (Å²) in [7, 11) is 0. The van der Waals surface area contributed by atoms with Crippen LogP contribution in [0.3, 0.4) is 0 Å². The quantitative estimate of drug-likeness (QED) is 0.930. The van der Waals surface area contributed by atoms with E-state index in [9.17, 15) is 14.7 Å². The second-order valence-electron chi connectivity index (χ2n) is 5.98. The van der Waals surface area contributed by atoms with Gasteiger partial charge in [-0.15, -0.1) is 0 Å². The second-order valence-corrected chi connectivity index (χ2v) is 5.98. The zero-order valence-corrected chi connectivity index (χ0v) is 13.1. The Morgan fingerprint density at radius 3 is 2.74 bits per heavy atom. The van der Waals surface area contributed by atoms with E-state index in [-0.39, 0.29) is 5.91 Å². The molecule has 0 saturated carbocycles. The van der Waals surface area contributed by atoms with Crippen LogP contribution in [0.2, 0.25) is 0 Å². The average Bonchev–Trinajstić information content (AvgIpc) is 3.16. The number of likely N-dealkylation sites (tertiary alicyclic amines) is 1. The maximum absolute atomic E-state index is 12.7. The van der Waals surface area contributed by atoms with Crippen molar-refractivity contribution in [2.45, 2.75) is 32.2 Å². The number of carboxylic acid groups (broad SMARTS) is 1. The molecule has 1 aromatic carbocycles. The number of hydrogen-bond acceptors (Lipinski definition) is 4. The van der Waals surface area contributed by atoms with Crippen LogP contribution in [-0.2, 0) is 4.79 Å². The summed E-state index contributed by atoms with van der Waals surface area (Å²) >= 11 is 0. The van der Waals surface area contributed by atoms with Crippen LogP contribution in [0.25, 0.3) is 5.69 Å². The molecule has 120 valence electrons. The third kappa shape index (κ3) is 2.48. The monoisotopic (exact) mass is 314 g/mol. The number of aromatic nitrogens is 3. The summed E-state index contributed by atoms with van der Waals surface area (Å²) in [6, 6.07) is 5.26. The molecule has 0 radical (unpaired) electrons. The Morgan fingerprint density at radius 1 is 1.35 bits per heavy atom. The van der Waals surface area contributed by atoms with Gasteiger partial charge in [-0.1, -0.05) is 0 Å². The van der Waals surface area contributed by atoms with Crippen LogP contribution in [0, 0.1) is 6.92 Å². The van der Waals surface area contributed by atoms with Gasteiger partial charge in [0.15, 0.2) is 0 Å². The molecule has 2 heterocycles. The van der Waals surface area contributed by atoms with Gasteiger partial charge in [-0.05, 0) is 50.5 Å². The molecule has 0 spiro atoms. The summed E-state index contributed by atoms with van der Waals surface area (Å²) in [5.74, 6) is -1.21. The molecule has 7 heteroatoms. The first-order valence-electron chi connectivity index (χ1n) is 7.44. The summed E-state index contributed by atoms with van der Waals surface area (Å²) in [5.41, 5.74) is 1.06. The summed E-state index contributed by atoms with van der Waals surface area (Å²) in [6.07, 6.45) is 4.21. The van der Waals surface area contributed by atoms with Crippen molar-refractivity contribution < 1.29 is 14.7 Å². The third-order valence-corrected chi connectivity index (χ3v) is 4.46. The number of carboxylic acids is 1. The summed E-state index contributed by atoms with van der Waals surface area (Å²) in [6.45, 7) is 3.95. The van der Waals surface area contributed by atoms with Gasteiger partial charge in [0, 0.05) is 12.1 Å². The molecule has 0 aliphatic carbocycles. The number of nitrogens with zero attached hydrogens (tertiary/aromatic N) is 4. The number of carbonyl (C=O) groups excluding carboxylic acids is 1. The van der Waals surface area contributed by atoms with Crippen molar-refractivity contribution in [1.82, 2.24) is 19.7 Å². The van der Waals surface area contributed by atoms with Gasteiger partial charge in [0.25, 0.3) is 5.91 Å². The Labute approximate surface area is 133 Å². The number of hydrogen-bond donors (Lipinski definition) is 1. The van der Waals surface area contributed by atoms with Gasteiger partial charge in [-0.2, -0.15) is 5.10 Å². The second kappa shape index (κ2) is 5.49. The summed E-state index contributed by atoms with van der Waals surface area (Å²) in [5, 5.41) is 13.5. The van der Waals surface area contributed by atoms with E-state index >= 15 is 0 Å². The topological polar surface area (TPSA) is 88.3 Å². The fourth-order valence-corrected chi connectivity index (χ4v) is 3.05. The van der Waals surface area contributed by atoms with E-state index in [2.05, 4.69) is 10.1 Å². The molecule has 1 atom stereocenters. The number of amides is 1. The first kappa shape index (κ1) is 15.2. The van der Waals surface area contributed by atoms with Crippen LogP contribution in [0.1, 0.15) is 35.7 Å². The lowest BCUT2D eigenvalue weighted by Crippen LogP contribution is -2.50. The molecule has 1 saturated heterocycles. The van der Waals surface area contributed by atoms with E-state index in [0.717, 1.165) is 11.3 Å². The third-order valence-electron chi connectivity index (χ3n) is 4.46. The van der Waals surface area contributed by atoms with Crippen molar-refractivity contribution in [2.75, 3.05) is 6.54 Å². The Balaban J connectivity index is 1.92. The molecule has 2 aromatic rings. The van der Waals surface area contributed by atoms with Gasteiger partial charge in [-0.25, -0.2) is 14.5 Å². The maximum atomic E-state index is 12.7. The molecule has 1 aliphatic rings. The molecule has 0 bridgehead atoms. The highest BCUT2D eigenvalue weighted by Crippen LogP contribution is 2.31. The minimum absolute atomic E-state index is 0.249. The number of carbonyl (C=O) groups is 2. The van der Waals surface area contributed by atoms with Gasteiger partial charge in [0.1, 0.15) is 18.2 Å². The SMILES string of the molecule is Cc1cc(C(=O)N2CCCC2(C)C(=O)O)ccc1-n1cncn1. The lowest BCUT2D eigenvalue weighted by molar-refractivity contribution is -0.147. The van der Waals surface area contributed by atoms with Crippen LogP contribution in [0.5, 0.6) is 0 Å². The molecular weight excluding hydrogens is 296 g/mol. The standard InChI is InChI=1S/C16H18N4O3/c1-11-8-12(4-5-13(11)20-10-17-9-18-20)14(21)19-7-3-6-16(19,2)15(22)23/h4-5,8-10H,3,6-7H2,1-2H3,(H,22,23). The predicted octanol–water partition coefficient (Wildman–Crippen LogP) is 1.66. The molecule has 1 aromatic heterocycles. The molecule has 1 fully saturated rings. The lowest BCUT2D eigenvalue weighted by atomic mass is 9.98. The van der Waals surface area contributed by atoms with E-state index in [1.54, 1.807) is 36.1 Å². The van der Waals surface area contributed by atoms with E-state index < -0.39 is 11.5 Å². The highest BCUT2D eigenvalue weighted by molar-refractivity contribution is 5.98. The van der Waals surface area contributed by atoms with Crippen LogP contribution in [0.15, 0.2) is 30.9 Å². The van der Waals surface area contributed by atoms with E-state index in [1.807, 2.05) is 6.92 Å². The largest absolute Gasteiger partial charge is 0.480 e. The van der Waals surface area contributed by atoms with Crippen molar-refractivity contribution in [3.63, 3.8) is 0 Å². The molecule has 23 heavy (non-hydrogen) atoms. The van der Waals surface area contributed by atoms with Crippen molar-refractivity contribution in [2.24, 2.45) is 0 Å². The Kier molecular flexibility index (Phi) is 3.63. The van der Waals surface area contributed by atoms with E-state index in [4.69, 9.17) is 0 Å². The predicted molar refractivity (Wildman–Crippen MR) is 82.4 cm³/mol. The Morgan fingerprint density at radius 2 is 2.13 bits per heavy atom. The van der Waals surface area contributed by atoms with Gasteiger partial charge in [0.2, 0.25) is 0 Å². The lowest BCUT2D eigenvalue weighted by Gasteiger charge is -2.31. The van der Waals surface area contributed by atoms with Crippen molar-refractivity contribution >= 4 is 11.9 Å². The normalized spacial score (nSPS) is 20.7. The van der Waals surface area contributed by atoms with E-state index in [1.165, 1.54) is 11.2 Å². The first-order valence-corrected chi connectivity index (χ1v) is 7.44. The minimum Gasteiger partial charge on any atom is -0.480 e. The zero-order chi connectivity index (χ0) is 16.6. The number of aryl methyl sites for hydroxylation is 1. The molecular formula is C16H18N4O3. The fraction of sp³-hybridized carbons (Fsp3) is 0.375. The highest BCUT2D eigenvalue weighted by atomic mass is 16.4. The van der Waals surface area contributed by atoms with E-state index in [0.29, 0.717) is 24.9 Å². The van der Waals surface area contributed by atoms with Crippen molar-refractivity contribution in [1.29, 1.82) is 0 Å². The number of aliphatic carboxylic acids is 1. The van der Waals surface area contributed by atoms with Gasteiger partial charge in [0.05, 0.1) is 5.69 Å². The van der Waals surface area contributed by atoms with Crippen LogP contribution >= 0.6 is 0 Å². The van der Waals surface area contributed by atoms with Gasteiger partial charge >= 0.3 is 5.97 Å². The minimum atomic E-state index is -1.13. The zero-order valence-electron chi connectivity index (χ0n) is 13.1. The molecule has 7 nitrogen and oxygen atoms in total. The number of rotatable bonds is 3. The Bertz CT molecular complexity index is 757. The Hall–Kier alpha value is -2.70. The average molecular weight is 314 g/mol. The molecule has 1 amide bonds. The van der Waals surface area contributed by atoms with Crippen LogP contribution < -0.4 is 0 Å². The molecule has 1 N–H and O–H groups in total. The van der Waals surface area contributed by atoms with Crippen molar-refractivity contribution in [3.8, 4) is 5.69 Å². The summed E-state index contributed by atoms with van der Waals surface area (Å²) in [4.78, 5) is 29.6. The summed E-state index contributed by atoms with van der Waals surface area (Å²) < 4.78 is 1.63. The smallest absolute Gasteiger partial charge is 0.329 e. The van der Waals surface area contributed by atoms with Gasteiger partial charge < -0.3 is 10.0 Å². The maximum Gasteiger partial charge on any atom is 0.329 e. The fourth-order valence-electron chi connectivity index (χ4n) is 3.05. The van der Waals surface area contributed by atoms with Crippen molar-refractivity contribution in [3.05, 3.63) is 42.0 Å². The van der Waals surface area contributed by atoms with Crippen LogP contribution in [0.4, 0.5) is 0 Å². The highest BCUT2D eigenvalue weighted by Gasteiger charge is 2.46. The molecule has 1 aliphatic heterocycles.